The molecule has 0 saturated heterocycles. The van der Waals surface area contributed by atoms with E-state index in [9.17, 15) is 0 Å². The van der Waals surface area contributed by atoms with Crippen molar-refractivity contribution >= 4 is 50.9 Å². The highest BCUT2D eigenvalue weighted by Crippen LogP contribution is 2.19. The molecule has 5 heteroatoms. The van der Waals surface area contributed by atoms with E-state index >= 15 is 0 Å². The van der Waals surface area contributed by atoms with Crippen molar-refractivity contribution in [3.8, 4) is 0 Å². The fourth-order valence-electron chi connectivity index (χ4n) is 1.53. The van der Waals surface area contributed by atoms with E-state index in [2.05, 4.69) is 37.8 Å². The van der Waals surface area contributed by atoms with Crippen LogP contribution in [0.25, 0.3) is 11.0 Å². The zero-order valence-corrected chi connectivity index (χ0v) is 11.5. The Kier molecular flexibility index (Phi) is 3.53. The van der Waals surface area contributed by atoms with Gasteiger partial charge in [-0.15, -0.1) is 0 Å². The quantitative estimate of drug-likeness (QED) is 0.870. The van der Waals surface area contributed by atoms with Gasteiger partial charge in [0.25, 0.3) is 0 Å². The van der Waals surface area contributed by atoms with Crippen LogP contribution in [0.5, 0.6) is 0 Å². The summed E-state index contributed by atoms with van der Waals surface area (Å²) in [6, 6.07) is 6.17. The predicted molar refractivity (Wildman–Crippen MR) is 73.2 cm³/mol. The van der Waals surface area contributed by atoms with Gasteiger partial charge in [-0.05, 0) is 36.7 Å². The molecule has 0 aliphatic heterocycles. The van der Waals surface area contributed by atoms with E-state index in [1.165, 1.54) is 5.52 Å². The van der Waals surface area contributed by atoms with E-state index in [0.717, 1.165) is 27.1 Å². The summed E-state index contributed by atoms with van der Waals surface area (Å²) in [5.74, 6) is 1.08. The maximum absolute atomic E-state index is 5.29. The fraction of sp³-hybridized carbons (Fsp3) is 0.300. The summed E-state index contributed by atoms with van der Waals surface area (Å²) in [6.07, 6.45) is 2.11. The second-order valence-corrected chi connectivity index (χ2v) is 5.52. The molecule has 0 atom stereocenters. The lowest BCUT2D eigenvalue weighted by Crippen LogP contribution is -1.99. The number of halogens is 1. The van der Waals surface area contributed by atoms with Crippen LogP contribution in [0, 0.1) is 4.77 Å². The molecule has 0 aliphatic rings. The van der Waals surface area contributed by atoms with E-state index in [1.807, 2.05) is 23.9 Å². The van der Waals surface area contributed by atoms with Crippen LogP contribution in [0.2, 0.25) is 0 Å². The minimum absolute atomic E-state index is 0.803. The van der Waals surface area contributed by atoms with E-state index in [0.29, 0.717) is 0 Å². The largest absolute Gasteiger partial charge is 0.331 e. The highest BCUT2D eigenvalue weighted by Gasteiger charge is 2.03. The van der Waals surface area contributed by atoms with Gasteiger partial charge in [0.05, 0.1) is 11.0 Å². The molecule has 0 fully saturated rings. The number of rotatable bonds is 3. The third kappa shape index (κ3) is 2.29. The van der Waals surface area contributed by atoms with Gasteiger partial charge in [-0.25, -0.2) is 0 Å². The summed E-state index contributed by atoms with van der Waals surface area (Å²) >= 11 is 10.6. The summed E-state index contributed by atoms with van der Waals surface area (Å²) in [5.41, 5.74) is 2.27. The molecule has 1 aromatic carbocycles. The number of hydrogen-bond acceptors (Lipinski definition) is 2. The van der Waals surface area contributed by atoms with Gasteiger partial charge in [-0.1, -0.05) is 15.9 Å². The van der Waals surface area contributed by atoms with Gasteiger partial charge in [0.2, 0.25) is 0 Å². The molecular weight excluding hydrogens is 292 g/mol. The third-order valence-corrected chi connectivity index (χ3v) is 3.66. The Labute approximate surface area is 106 Å². The van der Waals surface area contributed by atoms with Crippen molar-refractivity contribution in [3.63, 3.8) is 0 Å². The molecule has 0 spiro atoms. The molecule has 2 nitrogen and oxygen atoms in total. The first-order chi connectivity index (χ1) is 7.22. The predicted octanol–water partition coefficient (Wildman–Crippen LogP) is 3.82. The number of thioether (sulfide) groups is 1. The molecule has 0 unspecified atom stereocenters. The van der Waals surface area contributed by atoms with Crippen LogP contribution in [0.1, 0.15) is 0 Å². The second-order valence-electron chi connectivity index (χ2n) is 3.24. The SMILES string of the molecule is CSCCn1c(=S)[nH]c2ccc(Br)cc21. The Morgan fingerprint density at radius 2 is 2.33 bits per heavy atom. The standard InChI is InChI=1S/C10H11BrN2S2/c1-15-5-4-13-9-6-7(11)2-3-8(9)12-10(13)14/h2-3,6H,4-5H2,1H3,(H,12,14). The first-order valence-electron chi connectivity index (χ1n) is 4.59. The molecular formula is C10H11BrN2S2. The molecule has 1 heterocycles. The first-order valence-corrected chi connectivity index (χ1v) is 7.19. The van der Waals surface area contributed by atoms with Crippen LogP contribution in [0.15, 0.2) is 22.7 Å². The summed E-state index contributed by atoms with van der Waals surface area (Å²) in [6.45, 7) is 0.955. The smallest absolute Gasteiger partial charge is 0.178 e. The maximum atomic E-state index is 5.29. The summed E-state index contributed by atoms with van der Waals surface area (Å²) < 4.78 is 4.03. The van der Waals surface area contributed by atoms with Crippen LogP contribution < -0.4 is 0 Å². The van der Waals surface area contributed by atoms with Crippen molar-refractivity contribution in [2.24, 2.45) is 0 Å². The Hall–Kier alpha value is -0.260. The summed E-state index contributed by atoms with van der Waals surface area (Å²) in [4.78, 5) is 3.21. The topological polar surface area (TPSA) is 20.7 Å². The Balaban J connectivity index is 2.55. The molecule has 0 bridgehead atoms. The van der Waals surface area contributed by atoms with Gasteiger partial charge < -0.3 is 9.55 Å². The number of benzene rings is 1. The highest BCUT2D eigenvalue weighted by atomic mass is 79.9. The lowest BCUT2D eigenvalue weighted by atomic mass is 10.3. The zero-order valence-electron chi connectivity index (χ0n) is 8.29. The van der Waals surface area contributed by atoms with E-state index in [4.69, 9.17) is 12.2 Å². The van der Waals surface area contributed by atoms with Crippen molar-refractivity contribution in [2.45, 2.75) is 6.54 Å². The van der Waals surface area contributed by atoms with Gasteiger partial charge in [-0.2, -0.15) is 11.8 Å². The molecule has 0 amide bonds. The molecule has 2 rings (SSSR count). The van der Waals surface area contributed by atoms with Crippen molar-refractivity contribution in [3.05, 3.63) is 27.4 Å². The number of aromatic amines is 1. The van der Waals surface area contributed by atoms with Gasteiger partial charge in [0.1, 0.15) is 0 Å². The first kappa shape index (κ1) is 11.2. The van der Waals surface area contributed by atoms with Crippen molar-refractivity contribution in [1.29, 1.82) is 0 Å². The van der Waals surface area contributed by atoms with Crippen LogP contribution in [-0.4, -0.2) is 21.6 Å². The number of aromatic nitrogens is 2. The number of nitrogens with zero attached hydrogens (tertiary/aromatic N) is 1. The molecule has 1 aromatic heterocycles. The molecule has 2 aromatic rings. The number of fused-ring (bicyclic) bond motifs is 1. The van der Waals surface area contributed by atoms with Gasteiger partial charge in [-0.3, -0.25) is 0 Å². The lowest BCUT2D eigenvalue weighted by molar-refractivity contribution is 0.784. The third-order valence-electron chi connectivity index (χ3n) is 2.26. The normalized spacial score (nSPS) is 11.1. The molecule has 0 aliphatic carbocycles. The highest BCUT2D eigenvalue weighted by molar-refractivity contribution is 9.10. The second kappa shape index (κ2) is 4.72. The number of aryl methyl sites for hydroxylation is 1. The van der Waals surface area contributed by atoms with Crippen LogP contribution in [-0.2, 0) is 6.54 Å². The number of H-pyrrole nitrogens is 1. The minimum atomic E-state index is 0.803. The van der Waals surface area contributed by atoms with Gasteiger partial charge >= 0.3 is 0 Å². The van der Waals surface area contributed by atoms with E-state index in [1.54, 1.807) is 0 Å². The molecule has 1 N–H and O–H groups in total. The Bertz CT molecular complexity index is 530. The van der Waals surface area contributed by atoms with Gasteiger partial charge in [0, 0.05) is 16.8 Å². The zero-order chi connectivity index (χ0) is 10.8. The number of imidazole rings is 1. The minimum Gasteiger partial charge on any atom is -0.331 e. The summed E-state index contributed by atoms with van der Waals surface area (Å²) in [5, 5.41) is 0. The molecule has 0 radical (unpaired) electrons. The van der Waals surface area contributed by atoms with Crippen molar-refractivity contribution < 1.29 is 0 Å². The molecule has 80 valence electrons. The average Bonchev–Trinajstić information content (AvgIpc) is 2.51. The van der Waals surface area contributed by atoms with Crippen molar-refractivity contribution in [2.75, 3.05) is 12.0 Å². The maximum Gasteiger partial charge on any atom is 0.178 e. The van der Waals surface area contributed by atoms with Gasteiger partial charge in [0.15, 0.2) is 4.77 Å². The lowest BCUT2D eigenvalue weighted by Gasteiger charge is -2.02. The van der Waals surface area contributed by atoms with Crippen LogP contribution >= 0.6 is 39.9 Å². The fourth-order valence-corrected chi connectivity index (χ4v) is 2.54. The molecule has 15 heavy (non-hydrogen) atoms. The number of nitrogens with one attached hydrogen (secondary N) is 1. The monoisotopic (exact) mass is 302 g/mol. The molecule has 0 saturated carbocycles. The van der Waals surface area contributed by atoms with Crippen LogP contribution in [0.3, 0.4) is 0 Å². The number of hydrogen-bond donors (Lipinski definition) is 1. The Morgan fingerprint density at radius 3 is 3.07 bits per heavy atom. The van der Waals surface area contributed by atoms with E-state index in [-0.39, 0.29) is 0 Å². The van der Waals surface area contributed by atoms with Crippen molar-refractivity contribution in [1.82, 2.24) is 9.55 Å². The average molecular weight is 303 g/mol. The Morgan fingerprint density at radius 1 is 1.53 bits per heavy atom. The van der Waals surface area contributed by atoms with E-state index < -0.39 is 0 Å². The van der Waals surface area contributed by atoms with Crippen LogP contribution in [0.4, 0.5) is 0 Å². The summed E-state index contributed by atoms with van der Waals surface area (Å²) in [7, 11) is 0.